The van der Waals surface area contributed by atoms with Crippen LogP contribution in [0.5, 0.6) is 0 Å². The molecule has 7 heteroatoms. The Labute approximate surface area is 138 Å². The largest absolute Gasteiger partial charge is 0.387 e. The molecule has 0 aliphatic heterocycles. The molecule has 1 unspecified atom stereocenters. The molecule has 0 saturated carbocycles. The maximum absolute atomic E-state index is 12.1. The lowest BCUT2D eigenvalue weighted by molar-refractivity contribution is 0.0916. The first-order valence-corrected chi connectivity index (χ1v) is 7.32. The summed E-state index contributed by atoms with van der Waals surface area (Å²) in [6.45, 7) is 0.0787. The van der Waals surface area contributed by atoms with Gasteiger partial charge < -0.3 is 15.7 Å². The van der Waals surface area contributed by atoms with E-state index in [1.807, 2.05) is 0 Å². The van der Waals surface area contributed by atoms with E-state index in [2.05, 4.69) is 15.6 Å². The number of pyridine rings is 1. The molecule has 0 spiro atoms. The van der Waals surface area contributed by atoms with Gasteiger partial charge in [0.25, 0.3) is 5.91 Å². The number of halogens is 2. The van der Waals surface area contributed by atoms with Gasteiger partial charge in [0.05, 0.1) is 6.10 Å². The molecule has 5 nitrogen and oxygen atoms in total. The highest BCUT2D eigenvalue weighted by Crippen LogP contribution is 2.17. The molecule has 0 aliphatic rings. The van der Waals surface area contributed by atoms with Gasteiger partial charge in [0.1, 0.15) is 11.0 Å². The molecule has 22 heavy (non-hydrogen) atoms. The molecule has 2 aromatic rings. The number of rotatable bonds is 5. The average molecular weight is 340 g/mol. The van der Waals surface area contributed by atoms with Gasteiger partial charge >= 0.3 is 0 Å². The van der Waals surface area contributed by atoms with Crippen LogP contribution < -0.4 is 10.6 Å². The maximum Gasteiger partial charge on any atom is 0.251 e. The topological polar surface area (TPSA) is 74.2 Å². The number of amides is 1. The molecule has 3 N–H and O–H groups in total. The lowest BCUT2D eigenvalue weighted by Gasteiger charge is -2.13. The van der Waals surface area contributed by atoms with Crippen LogP contribution in [-0.4, -0.2) is 29.6 Å². The quantitative estimate of drug-likeness (QED) is 0.732. The summed E-state index contributed by atoms with van der Waals surface area (Å²) in [4.78, 5) is 16.1. The number of nitrogens with one attached hydrogen (secondary N) is 2. The van der Waals surface area contributed by atoms with Crippen LogP contribution in [0.25, 0.3) is 0 Å². The monoisotopic (exact) mass is 339 g/mol. The fourth-order valence-corrected chi connectivity index (χ4v) is 2.18. The SMILES string of the molecule is CNc1cc(C(=O)NCC(O)c2ccc(Cl)cc2)cc(Cl)n1. The number of hydrogen-bond donors (Lipinski definition) is 3. The van der Waals surface area contributed by atoms with E-state index in [0.717, 1.165) is 0 Å². The van der Waals surface area contributed by atoms with Crippen molar-refractivity contribution in [2.24, 2.45) is 0 Å². The van der Waals surface area contributed by atoms with Gasteiger partial charge in [-0.2, -0.15) is 0 Å². The third kappa shape index (κ3) is 4.34. The normalized spacial score (nSPS) is 11.8. The number of aromatic nitrogens is 1. The zero-order valence-corrected chi connectivity index (χ0v) is 13.3. The predicted octanol–water partition coefficient (Wildman–Crippen LogP) is 2.89. The van der Waals surface area contributed by atoms with Gasteiger partial charge in [0.15, 0.2) is 0 Å². The van der Waals surface area contributed by atoms with Gasteiger partial charge in [-0.15, -0.1) is 0 Å². The van der Waals surface area contributed by atoms with Crippen molar-refractivity contribution < 1.29 is 9.90 Å². The molecular weight excluding hydrogens is 325 g/mol. The highest BCUT2D eigenvalue weighted by molar-refractivity contribution is 6.30. The van der Waals surface area contributed by atoms with E-state index in [0.29, 0.717) is 22.0 Å². The second-order valence-corrected chi connectivity index (χ2v) is 5.41. The van der Waals surface area contributed by atoms with Gasteiger partial charge in [-0.25, -0.2) is 4.98 Å². The Kier molecular flexibility index (Phi) is 5.60. The van der Waals surface area contributed by atoms with Crippen LogP contribution in [0.3, 0.4) is 0 Å². The number of carbonyl (C=O) groups is 1. The van der Waals surface area contributed by atoms with Gasteiger partial charge in [-0.05, 0) is 29.8 Å². The minimum atomic E-state index is -0.817. The molecule has 1 amide bonds. The van der Waals surface area contributed by atoms with E-state index in [-0.39, 0.29) is 17.6 Å². The van der Waals surface area contributed by atoms with Crippen molar-refractivity contribution in [1.29, 1.82) is 0 Å². The first-order valence-electron chi connectivity index (χ1n) is 6.56. The number of aliphatic hydroxyl groups is 1. The third-order valence-electron chi connectivity index (χ3n) is 3.02. The van der Waals surface area contributed by atoms with Crippen molar-refractivity contribution in [3.8, 4) is 0 Å². The molecule has 0 aliphatic carbocycles. The van der Waals surface area contributed by atoms with Gasteiger partial charge in [-0.3, -0.25) is 4.79 Å². The number of aliphatic hydroxyl groups excluding tert-OH is 1. The van der Waals surface area contributed by atoms with Crippen molar-refractivity contribution in [2.45, 2.75) is 6.10 Å². The molecule has 2 rings (SSSR count). The lowest BCUT2D eigenvalue weighted by Crippen LogP contribution is -2.28. The van der Waals surface area contributed by atoms with Crippen LogP contribution in [0.15, 0.2) is 36.4 Å². The van der Waals surface area contributed by atoms with Gasteiger partial charge in [0.2, 0.25) is 0 Å². The van der Waals surface area contributed by atoms with Crippen LogP contribution >= 0.6 is 23.2 Å². The Bertz CT molecular complexity index is 662. The number of hydrogen-bond acceptors (Lipinski definition) is 4. The molecule has 1 aromatic heterocycles. The highest BCUT2D eigenvalue weighted by Gasteiger charge is 2.12. The third-order valence-corrected chi connectivity index (χ3v) is 3.47. The van der Waals surface area contributed by atoms with Crippen molar-refractivity contribution in [2.75, 3.05) is 18.9 Å². The lowest BCUT2D eigenvalue weighted by atomic mass is 10.1. The van der Waals surface area contributed by atoms with E-state index in [1.165, 1.54) is 6.07 Å². The minimum Gasteiger partial charge on any atom is -0.387 e. The number of carbonyl (C=O) groups excluding carboxylic acids is 1. The van der Waals surface area contributed by atoms with E-state index >= 15 is 0 Å². The zero-order valence-electron chi connectivity index (χ0n) is 11.8. The summed E-state index contributed by atoms with van der Waals surface area (Å²) in [5, 5.41) is 16.3. The van der Waals surface area contributed by atoms with E-state index in [1.54, 1.807) is 37.4 Å². The Morgan fingerprint density at radius 2 is 1.95 bits per heavy atom. The highest BCUT2D eigenvalue weighted by atomic mass is 35.5. The molecule has 0 bridgehead atoms. The summed E-state index contributed by atoms with van der Waals surface area (Å²) >= 11 is 11.6. The van der Waals surface area contributed by atoms with Crippen molar-refractivity contribution >= 4 is 34.9 Å². The summed E-state index contributed by atoms with van der Waals surface area (Å²) in [6, 6.07) is 9.83. The standard InChI is InChI=1S/C15H15Cl2N3O2/c1-18-14-7-10(6-13(17)20-14)15(22)19-8-12(21)9-2-4-11(16)5-3-9/h2-7,12,21H,8H2,1H3,(H,18,20)(H,19,22). The van der Waals surface area contributed by atoms with E-state index in [9.17, 15) is 9.90 Å². The van der Waals surface area contributed by atoms with Crippen LogP contribution in [0, 0.1) is 0 Å². The Hall–Kier alpha value is -1.82. The van der Waals surface area contributed by atoms with E-state index < -0.39 is 6.10 Å². The summed E-state index contributed by atoms with van der Waals surface area (Å²) in [5.74, 6) is 0.157. The predicted molar refractivity (Wildman–Crippen MR) is 87.5 cm³/mol. The molecule has 116 valence electrons. The maximum atomic E-state index is 12.1. The van der Waals surface area contributed by atoms with Gasteiger partial charge in [0, 0.05) is 24.2 Å². The average Bonchev–Trinajstić information content (AvgIpc) is 2.52. The van der Waals surface area contributed by atoms with Crippen LogP contribution in [0.4, 0.5) is 5.82 Å². The smallest absolute Gasteiger partial charge is 0.251 e. The number of anilines is 1. The molecular formula is C15H15Cl2N3O2. The second-order valence-electron chi connectivity index (χ2n) is 4.59. The Balaban J connectivity index is 2.00. The molecule has 0 radical (unpaired) electrons. The fourth-order valence-electron chi connectivity index (χ4n) is 1.85. The number of benzene rings is 1. The minimum absolute atomic E-state index is 0.0787. The second kappa shape index (κ2) is 7.45. The zero-order chi connectivity index (χ0) is 16.1. The molecule has 0 fully saturated rings. The summed E-state index contributed by atoms with van der Waals surface area (Å²) in [7, 11) is 1.69. The van der Waals surface area contributed by atoms with Crippen molar-refractivity contribution in [3.63, 3.8) is 0 Å². The van der Waals surface area contributed by atoms with E-state index in [4.69, 9.17) is 23.2 Å². The van der Waals surface area contributed by atoms with Crippen LogP contribution in [0.2, 0.25) is 10.2 Å². The first-order chi connectivity index (χ1) is 10.5. The van der Waals surface area contributed by atoms with Crippen LogP contribution in [-0.2, 0) is 0 Å². The first kappa shape index (κ1) is 16.5. The summed E-state index contributed by atoms with van der Waals surface area (Å²) in [6.07, 6.45) is -0.817. The molecule has 1 heterocycles. The van der Waals surface area contributed by atoms with Crippen molar-refractivity contribution in [3.05, 3.63) is 57.7 Å². The molecule has 1 atom stereocenters. The number of nitrogens with zero attached hydrogens (tertiary/aromatic N) is 1. The molecule has 0 saturated heterocycles. The fraction of sp³-hybridized carbons (Fsp3) is 0.200. The Morgan fingerprint density at radius 1 is 1.27 bits per heavy atom. The molecule has 1 aromatic carbocycles. The van der Waals surface area contributed by atoms with Crippen molar-refractivity contribution in [1.82, 2.24) is 10.3 Å². The summed E-state index contributed by atoms with van der Waals surface area (Å²) < 4.78 is 0. The van der Waals surface area contributed by atoms with Crippen LogP contribution in [0.1, 0.15) is 22.0 Å². The Morgan fingerprint density at radius 3 is 2.59 bits per heavy atom. The van der Waals surface area contributed by atoms with Gasteiger partial charge in [-0.1, -0.05) is 35.3 Å². The summed E-state index contributed by atoms with van der Waals surface area (Å²) in [5.41, 5.74) is 1.04.